The molecule has 1 saturated carbocycles. The number of halogens is 1. The number of hydrogen-bond donors (Lipinski definition) is 2. The van der Waals surface area contributed by atoms with E-state index in [-0.39, 0.29) is 11.8 Å². The Balaban J connectivity index is 1.60. The van der Waals surface area contributed by atoms with Crippen LogP contribution in [0.3, 0.4) is 0 Å². The van der Waals surface area contributed by atoms with Crippen molar-refractivity contribution in [2.24, 2.45) is 5.92 Å². The van der Waals surface area contributed by atoms with E-state index in [0.717, 1.165) is 41.5 Å². The molecule has 1 fully saturated rings. The molecule has 1 aliphatic rings. The highest BCUT2D eigenvalue weighted by Crippen LogP contribution is 2.26. The van der Waals surface area contributed by atoms with Gasteiger partial charge in [0.1, 0.15) is 5.82 Å². The minimum atomic E-state index is 0.101. The van der Waals surface area contributed by atoms with Gasteiger partial charge in [-0.3, -0.25) is 4.79 Å². The van der Waals surface area contributed by atoms with Gasteiger partial charge in [-0.25, -0.2) is 4.98 Å². The van der Waals surface area contributed by atoms with E-state index in [0.29, 0.717) is 5.82 Å². The van der Waals surface area contributed by atoms with Gasteiger partial charge in [-0.15, -0.1) is 0 Å². The van der Waals surface area contributed by atoms with Crippen LogP contribution in [0, 0.1) is 5.92 Å². The number of aromatic nitrogens is 1. The van der Waals surface area contributed by atoms with Gasteiger partial charge >= 0.3 is 0 Å². The lowest BCUT2D eigenvalue weighted by Gasteiger charge is -2.20. The molecule has 2 N–H and O–H groups in total. The summed E-state index contributed by atoms with van der Waals surface area (Å²) in [5.41, 5.74) is 1.86. The van der Waals surface area contributed by atoms with Gasteiger partial charge in [-0.05, 0) is 53.0 Å². The minimum Gasteiger partial charge on any atom is -0.353 e. The highest BCUT2D eigenvalue weighted by Gasteiger charge is 2.21. The molecule has 1 amide bonds. The molecule has 0 unspecified atom stereocenters. The summed E-state index contributed by atoms with van der Waals surface area (Å²) in [6.45, 7) is 0. The molecule has 1 aromatic carbocycles. The van der Waals surface area contributed by atoms with Crippen molar-refractivity contribution in [3.63, 3.8) is 0 Å². The predicted molar refractivity (Wildman–Crippen MR) is 96.9 cm³/mol. The Morgan fingerprint density at radius 2 is 1.87 bits per heavy atom. The highest BCUT2D eigenvalue weighted by molar-refractivity contribution is 9.10. The van der Waals surface area contributed by atoms with Crippen LogP contribution in [0.25, 0.3) is 0 Å². The molecule has 4 nitrogen and oxygen atoms in total. The molecule has 5 heteroatoms. The smallest absolute Gasteiger partial charge is 0.228 e. The summed E-state index contributed by atoms with van der Waals surface area (Å²) < 4.78 is 0.995. The van der Waals surface area contributed by atoms with Gasteiger partial charge in [0, 0.05) is 10.4 Å². The number of anilines is 3. The van der Waals surface area contributed by atoms with Gasteiger partial charge in [0.05, 0.1) is 17.6 Å². The van der Waals surface area contributed by atoms with Gasteiger partial charge < -0.3 is 10.6 Å². The maximum atomic E-state index is 12.2. The van der Waals surface area contributed by atoms with E-state index in [9.17, 15) is 4.79 Å². The number of carbonyl (C=O) groups excluding carboxylic acids is 1. The Bertz CT molecular complexity index is 666. The maximum Gasteiger partial charge on any atom is 0.228 e. The van der Waals surface area contributed by atoms with Crippen molar-refractivity contribution in [1.82, 2.24) is 4.98 Å². The van der Waals surface area contributed by atoms with Crippen molar-refractivity contribution in [3.05, 3.63) is 47.1 Å². The molecule has 0 atom stereocenters. The zero-order valence-corrected chi connectivity index (χ0v) is 14.5. The summed E-state index contributed by atoms with van der Waals surface area (Å²) in [6, 6.07) is 11.7. The van der Waals surface area contributed by atoms with Crippen LogP contribution >= 0.6 is 15.9 Å². The first-order chi connectivity index (χ1) is 11.2. The number of benzene rings is 1. The summed E-state index contributed by atoms with van der Waals surface area (Å²) in [5.74, 6) is 0.852. The van der Waals surface area contributed by atoms with Crippen LogP contribution in [-0.4, -0.2) is 10.9 Å². The average molecular weight is 374 g/mol. The quantitative estimate of drug-likeness (QED) is 0.782. The van der Waals surface area contributed by atoms with Crippen LogP contribution in [-0.2, 0) is 4.79 Å². The van der Waals surface area contributed by atoms with Crippen LogP contribution < -0.4 is 10.6 Å². The standard InChI is InChI=1S/C18H20BrN3O/c19-15-8-4-5-9-16(15)21-14-10-11-17(20-12-14)22-18(23)13-6-2-1-3-7-13/h4-5,8-13,21H,1-3,6-7H2,(H,20,22,23). The number of nitrogens with zero attached hydrogens (tertiary/aromatic N) is 1. The number of pyridine rings is 1. The van der Waals surface area contributed by atoms with Crippen molar-refractivity contribution >= 4 is 39.0 Å². The van der Waals surface area contributed by atoms with E-state index in [2.05, 4.69) is 31.5 Å². The Hall–Kier alpha value is -1.88. The van der Waals surface area contributed by atoms with Crippen LogP contribution in [0.15, 0.2) is 47.1 Å². The van der Waals surface area contributed by atoms with Crippen molar-refractivity contribution in [2.45, 2.75) is 32.1 Å². The van der Waals surface area contributed by atoms with E-state index in [1.54, 1.807) is 6.20 Å². The topological polar surface area (TPSA) is 54.0 Å². The van der Waals surface area contributed by atoms with Gasteiger partial charge in [-0.1, -0.05) is 31.4 Å². The average Bonchev–Trinajstić information content (AvgIpc) is 2.59. The Labute approximate surface area is 144 Å². The summed E-state index contributed by atoms with van der Waals surface area (Å²) >= 11 is 3.51. The maximum absolute atomic E-state index is 12.2. The van der Waals surface area contributed by atoms with Gasteiger partial charge in [-0.2, -0.15) is 0 Å². The van der Waals surface area contributed by atoms with E-state index >= 15 is 0 Å². The van der Waals surface area contributed by atoms with E-state index in [4.69, 9.17) is 0 Å². The molecule has 1 aliphatic carbocycles. The number of nitrogens with one attached hydrogen (secondary N) is 2. The largest absolute Gasteiger partial charge is 0.353 e. The minimum absolute atomic E-state index is 0.101. The number of amides is 1. The lowest BCUT2D eigenvalue weighted by atomic mass is 9.89. The van der Waals surface area contributed by atoms with E-state index in [1.807, 2.05) is 36.4 Å². The number of para-hydroxylation sites is 1. The fraction of sp³-hybridized carbons (Fsp3) is 0.333. The van der Waals surface area contributed by atoms with E-state index in [1.165, 1.54) is 6.42 Å². The molecule has 1 aromatic heterocycles. The van der Waals surface area contributed by atoms with Crippen LogP contribution in [0.1, 0.15) is 32.1 Å². The van der Waals surface area contributed by atoms with Crippen molar-refractivity contribution in [1.29, 1.82) is 0 Å². The molecule has 2 aromatic rings. The van der Waals surface area contributed by atoms with Crippen LogP contribution in [0.2, 0.25) is 0 Å². The Morgan fingerprint density at radius 3 is 2.57 bits per heavy atom. The summed E-state index contributed by atoms with van der Waals surface area (Å²) in [5, 5.41) is 6.22. The molecular weight excluding hydrogens is 354 g/mol. The molecule has 3 rings (SSSR count). The molecule has 120 valence electrons. The van der Waals surface area contributed by atoms with Gasteiger partial charge in [0.25, 0.3) is 0 Å². The SMILES string of the molecule is O=C(Nc1ccc(Nc2ccccc2Br)cn1)C1CCCCC1. The number of rotatable bonds is 4. The van der Waals surface area contributed by atoms with Crippen molar-refractivity contribution < 1.29 is 4.79 Å². The lowest BCUT2D eigenvalue weighted by Crippen LogP contribution is -2.25. The first-order valence-electron chi connectivity index (χ1n) is 8.01. The Morgan fingerprint density at radius 1 is 1.09 bits per heavy atom. The number of hydrogen-bond acceptors (Lipinski definition) is 3. The first-order valence-corrected chi connectivity index (χ1v) is 8.80. The molecule has 0 saturated heterocycles. The molecule has 23 heavy (non-hydrogen) atoms. The van der Waals surface area contributed by atoms with Crippen LogP contribution in [0.5, 0.6) is 0 Å². The number of carbonyl (C=O) groups is 1. The van der Waals surface area contributed by atoms with Crippen LogP contribution in [0.4, 0.5) is 17.2 Å². The zero-order valence-electron chi connectivity index (χ0n) is 12.9. The highest BCUT2D eigenvalue weighted by atomic mass is 79.9. The van der Waals surface area contributed by atoms with Crippen molar-refractivity contribution in [3.8, 4) is 0 Å². The fourth-order valence-corrected chi connectivity index (χ4v) is 3.24. The van der Waals surface area contributed by atoms with Gasteiger partial charge in [0.2, 0.25) is 5.91 Å². The molecule has 0 spiro atoms. The third kappa shape index (κ3) is 4.32. The fourth-order valence-electron chi connectivity index (χ4n) is 2.85. The molecule has 0 bridgehead atoms. The van der Waals surface area contributed by atoms with Crippen molar-refractivity contribution in [2.75, 3.05) is 10.6 Å². The first kappa shape index (κ1) is 16.0. The molecule has 1 heterocycles. The second-order valence-corrected chi connectivity index (χ2v) is 6.72. The zero-order chi connectivity index (χ0) is 16.1. The molecular formula is C18H20BrN3O. The summed E-state index contributed by atoms with van der Waals surface area (Å²) in [4.78, 5) is 16.5. The van der Waals surface area contributed by atoms with Gasteiger partial charge in [0.15, 0.2) is 0 Å². The summed E-state index contributed by atoms with van der Waals surface area (Å²) in [7, 11) is 0. The Kier molecular flexibility index (Phi) is 5.28. The molecule has 0 radical (unpaired) electrons. The summed E-state index contributed by atoms with van der Waals surface area (Å²) in [6.07, 6.45) is 7.27. The third-order valence-electron chi connectivity index (χ3n) is 4.14. The monoisotopic (exact) mass is 373 g/mol. The predicted octanol–water partition coefficient (Wildman–Crippen LogP) is 5.11. The second-order valence-electron chi connectivity index (χ2n) is 5.86. The lowest BCUT2D eigenvalue weighted by molar-refractivity contribution is -0.120. The second kappa shape index (κ2) is 7.59. The van der Waals surface area contributed by atoms with E-state index < -0.39 is 0 Å². The third-order valence-corrected chi connectivity index (χ3v) is 4.84. The molecule has 0 aliphatic heterocycles. The normalized spacial score (nSPS) is 15.2.